The van der Waals surface area contributed by atoms with Gasteiger partial charge in [-0.05, 0) is 49.9 Å². The van der Waals surface area contributed by atoms with Crippen LogP contribution in [-0.2, 0) is 0 Å². The highest BCUT2D eigenvalue weighted by Gasteiger charge is 2.27. The first kappa shape index (κ1) is 20.2. The van der Waals surface area contributed by atoms with Gasteiger partial charge in [0.05, 0.1) is 25.9 Å². The maximum atomic E-state index is 12.8. The molecule has 0 bridgehead atoms. The van der Waals surface area contributed by atoms with Gasteiger partial charge in [-0.2, -0.15) is 0 Å². The predicted octanol–water partition coefficient (Wildman–Crippen LogP) is 3.60. The number of ether oxygens (including phenoxy) is 5. The van der Waals surface area contributed by atoms with E-state index in [4.69, 9.17) is 23.7 Å². The summed E-state index contributed by atoms with van der Waals surface area (Å²) in [6, 6.07) is 11.1. The van der Waals surface area contributed by atoms with Gasteiger partial charge in [-0.25, -0.2) is 0 Å². The van der Waals surface area contributed by atoms with E-state index >= 15 is 0 Å². The summed E-state index contributed by atoms with van der Waals surface area (Å²) in [5.41, 5.74) is 0.520. The largest absolute Gasteiger partial charge is 0.493 e. The van der Waals surface area contributed by atoms with Crippen LogP contribution in [0, 0.1) is 0 Å². The van der Waals surface area contributed by atoms with Crippen molar-refractivity contribution in [1.82, 2.24) is 5.32 Å². The minimum absolute atomic E-state index is 0.0698. The molecule has 7 nitrogen and oxygen atoms in total. The van der Waals surface area contributed by atoms with Gasteiger partial charge < -0.3 is 29.0 Å². The number of methoxy groups -OCH3 is 2. The number of amides is 1. The maximum Gasteiger partial charge on any atom is 0.255 e. The predicted molar refractivity (Wildman–Crippen MR) is 111 cm³/mol. The quantitative estimate of drug-likeness (QED) is 0.780. The van der Waals surface area contributed by atoms with E-state index in [1.807, 2.05) is 30.3 Å². The molecule has 1 fully saturated rings. The van der Waals surface area contributed by atoms with E-state index in [0.29, 0.717) is 47.5 Å². The van der Waals surface area contributed by atoms with E-state index < -0.39 is 0 Å². The Morgan fingerprint density at radius 1 is 0.933 bits per heavy atom. The lowest BCUT2D eigenvalue weighted by molar-refractivity contribution is 0.0881. The summed E-state index contributed by atoms with van der Waals surface area (Å²) >= 11 is 0. The van der Waals surface area contributed by atoms with Crippen LogP contribution in [0.4, 0.5) is 0 Å². The van der Waals surface area contributed by atoms with Crippen LogP contribution >= 0.6 is 0 Å². The summed E-state index contributed by atoms with van der Waals surface area (Å²) in [5.74, 6) is 2.95. The van der Waals surface area contributed by atoms with Gasteiger partial charge in [-0.15, -0.1) is 0 Å². The molecule has 4 rings (SSSR count). The van der Waals surface area contributed by atoms with Crippen molar-refractivity contribution in [1.29, 1.82) is 0 Å². The average molecular weight is 413 g/mol. The van der Waals surface area contributed by atoms with Gasteiger partial charge >= 0.3 is 0 Å². The third-order valence-electron chi connectivity index (χ3n) is 5.48. The Bertz CT molecular complexity index is 891. The zero-order valence-corrected chi connectivity index (χ0v) is 17.3. The van der Waals surface area contributed by atoms with Crippen LogP contribution in [0.1, 0.15) is 36.0 Å². The van der Waals surface area contributed by atoms with Crippen LogP contribution < -0.4 is 29.0 Å². The Labute approximate surface area is 176 Å². The van der Waals surface area contributed by atoms with Gasteiger partial charge in [0.1, 0.15) is 13.2 Å². The monoisotopic (exact) mass is 413 g/mol. The molecule has 1 N–H and O–H groups in total. The molecule has 1 aliphatic heterocycles. The zero-order chi connectivity index (χ0) is 20.9. The standard InChI is InChI=1S/C23H27NO6/c1-26-18-6-4-8-20(22(18)27-2)30-16-11-9-15(10-12-16)24-23(25)17-5-3-7-19-21(17)29-14-13-28-19/h3-8,15-16H,9-14H2,1-2H3,(H,24,25). The van der Waals surface area contributed by atoms with Crippen LogP contribution in [0.5, 0.6) is 28.7 Å². The van der Waals surface area contributed by atoms with Gasteiger partial charge in [-0.1, -0.05) is 12.1 Å². The number of carbonyl (C=O) groups is 1. The second-order valence-electron chi connectivity index (χ2n) is 7.39. The second kappa shape index (κ2) is 9.15. The van der Waals surface area contributed by atoms with E-state index in [0.717, 1.165) is 25.7 Å². The smallest absolute Gasteiger partial charge is 0.255 e. The van der Waals surface area contributed by atoms with E-state index in [-0.39, 0.29) is 18.1 Å². The molecule has 0 saturated heterocycles. The van der Waals surface area contributed by atoms with E-state index in [1.165, 1.54) is 0 Å². The lowest BCUT2D eigenvalue weighted by Gasteiger charge is -2.30. The minimum Gasteiger partial charge on any atom is -0.493 e. The van der Waals surface area contributed by atoms with Crippen molar-refractivity contribution in [2.45, 2.75) is 37.8 Å². The topological polar surface area (TPSA) is 75.3 Å². The summed E-state index contributed by atoms with van der Waals surface area (Å²) in [6.07, 6.45) is 3.44. The SMILES string of the molecule is COc1cccc(OC2CCC(NC(=O)c3cccc4c3OCCO4)CC2)c1OC. The van der Waals surface area contributed by atoms with Crippen molar-refractivity contribution >= 4 is 5.91 Å². The molecule has 0 atom stereocenters. The van der Waals surface area contributed by atoms with Crippen LogP contribution in [0.3, 0.4) is 0 Å². The molecule has 0 spiro atoms. The van der Waals surface area contributed by atoms with Gasteiger partial charge in [0.25, 0.3) is 5.91 Å². The van der Waals surface area contributed by atoms with Crippen molar-refractivity contribution < 1.29 is 28.5 Å². The zero-order valence-electron chi connectivity index (χ0n) is 17.3. The van der Waals surface area contributed by atoms with E-state index in [1.54, 1.807) is 20.3 Å². The number of hydrogen-bond donors (Lipinski definition) is 1. The lowest BCUT2D eigenvalue weighted by Crippen LogP contribution is -2.40. The normalized spacial score (nSPS) is 20.2. The molecule has 1 aliphatic carbocycles. The van der Waals surface area contributed by atoms with Crippen molar-refractivity contribution in [2.75, 3.05) is 27.4 Å². The number of benzene rings is 2. The fourth-order valence-electron chi connectivity index (χ4n) is 3.97. The molecule has 7 heteroatoms. The van der Waals surface area contributed by atoms with Crippen LogP contribution in [-0.4, -0.2) is 45.5 Å². The first-order chi connectivity index (χ1) is 14.7. The fraction of sp³-hybridized carbons (Fsp3) is 0.435. The molecular formula is C23H27NO6. The highest BCUT2D eigenvalue weighted by atomic mass is 16.6. The maximum absolute atomic E-state index is 12.8. The second-order valence-corrected chi connectivity index (χ2v) is 7.39. The molecule has 1 heterocycles. The number of hydrogen-bond acceptors (Lipinski definition) is 6. The van der Waals surface area contributed by atoms with E-state index in [2.05, 4.69) is 5.32 Å². The highest BCUT2D eigenvalue weighted by molar-refractivity contribution is 5.98. The Hall–Kier alpha value is -3.09. The molecule has 30 heavy (non-hydrogen) atoms. The Kier molecular flexibility index (Phi) is 6.16. The van der Waals surface area contributed by atoms with Gasteiger partial charge in [-0.3, -0.25) is 4.79 Å². The Morgan fingerprint density at radius 3 is 2.43 bits per heavy atom. The Balaban J connectivity index is 1.34. The first-order valence-electron chi connectivity index (χ1n) is 10.3. The third-order valence-corrected chi connectivity index (χ3v) is 5.48. The summed E-state index contributed by atoms with van der Waals surface area (Å²) in [7, 11) is 3.21. The van der Waals surface area contributed by atoms with Crippen LogP contribution in [0.15, 0.2) is 36.4 Å². The van der Waals surface area contributed by atoms with Gasteiger partial charge in [0, 0.05) is 6.04 Å². The Morgan fingerprint density at radius 2 is 1.67 bits per heavy atom. The van der Waals surface area contributed by atoms with Crippen molar-refractivity contribution in [3.8, 4) is 28.7 Å². The number of nitrogens with one attached hydrogen (secondary N) is 1. The molecule has 1 amide bonds. The van der Waals surface area contributed by atoms with Crippen LogP contribution in [0.2, 0.25) is 0 Å². The molecule has 1 saturated carbocycles. The molecule has 0 radical (unpaired) electrons. The molecule has 0 aromatic heterocycles. The highest BCUT2D eigenvalue weighted by Crippen LogP contribution is 2.38. The fourth-order valence-corrected chi connectivity index (χ4v) is 3.97. The molecule has 2 aromatic carbocycles. The lowest BCUT2D eigenvalue weighted by atomic mass is 9.92. The van der Waals surface area contributed by atoms with Crippen molar-refractivity contribution in [3.05, 3.63) is 42.0 Å². The minimum atomic E-state index is -0.129. The summed E-state index contributed by atoms with van der Waals surface area (Å²) in [4.78, 5) is 12.8. The van der Waals surface area contributed by atoms with Crippen molar-refractivity contribution in [2.24, 2.45) is 0 Å². The summed E-state index contributed by atoms with van der Waals surface area (Å²) < 4.78 is 28.2. The number of fused-ring (bicyclic) bond motifs is 1. The van der Waals surface area contributed by atoms with Crippen molar-refractivity contribution in [3.63, 3.8) is 0 Å². The molecule has 2 aliphatic rings. The summed E-state index contributed by atoms with van der Waals surface area (Å²) in [5, 5.41) is 3.14. The number of para-hydroxylation sites is 2. The van der Waals surface area contributed by atoms with Crippen LogP contribution in [0.25, 0.3) is 0 Å². The molecule has 0 unspecified atom stereocenters. The summed E-state index contributed by atoms with van der Waals surface area (Å²) in [6.45, 7) is 0.952. The number of rotatable bonds is 6. The first-order valence-corrected chi connectivity index (χ1v) is 10.3. The number of carbonyl (C=O) groups excluding carboxylic acids is 1. The van der Waals surface area contributed by atoms with Gasteiger partial charge in [0.15, 0.2) is 23.0 Å². The third kappa shape index (κ3) is 4.25. The molecular weight excluding hydrogens is 386 g/mol. The average Bonchev–Trinajstić information content (AvgIpc) is 2.79. The van der Waals surface area contributed by atoms with E-state index in [9.17, 15) is 4.79 Å². The molecule has 160 valence electrons. The van der Waals surface area contributed by atoms with Gasteiger partial charge in [0.2, 0.25) is 5.75 Å². The molecule has 2 aromatic rings.